The molecule has 3 aliphatic heterocycles. The topological polar surface area (TPSA) is 179 Å². The summed E-state index contributed by atoms with van der Waals surface area (Å²) in [5.41, 5.74) is -7.40. The van der Waals surface area contributed by atoms with Crippen LogP contribution in [0.4, 0.5) is 0 Å². The molecule has 1 aromatic rings. The number of carbonyl (C=O) groups excluding carboxylic acids is 1. The number of benzene rings is 1. The fourth-order valence-electron chi connectivity index (χ4n) is 12.7. The molecule has 12 heteroatoms. The molecule has 15 atom stereocenters. The number of piperidine rings is 2. The van der Waals surface area contributed by atoms with Crippen LogP contribution in [0.1, 0.15) is 76.1 Å². The zero-order valence-electron chi connectivity index (χ0n) is 28.5. The predicted molar refractivity (Wildman–Crippen MR) is 169 cm³/mol. The third-order valence-corrected chi connectivity index (χ3v) is 14.8. The fraction of sp³-hybridized carbons (Fsp3) is 0.806. The molecule has 3 heterocycles. The number of rotatable bonds is 4. The van der Waals surface area contributed by atoms with E-state index in [0.717, 1.165) is 19.4 Å². The SMILES string of the molecule is COc1ccc(C(=O)O[C@H]2CC[C@@]3(C)[C@@H]4CC[C@@H]5C3(C[C@]3(O)[C@H]6CN7C[C@@H](C)CC[C@@H]7[C@@](C)(O)[C@H]6[C@@H](O)[C@H](O)[C@@]53O)O[C@@]24O)cc1OC. The molecule has 7 fully saturated rings. The summed E-state index contributed by atoms with van der Waals surface area (Å²) >= 11 is 0. The van der Waals surface area contributed by atoms with Crippen LogP contribution in [0.25, 0.3) is 0 Å². The molecule has 12 nitrogen and oxygen atoms in total. The average Bonchev–Trinajstić information content (AvgIpc) is 3.23. The van der Waals surface area contributed by atoms with E-state index in [0.29, 0.717) is 43.2 Å². The zero-order chi connectivity index (χ0) is 34.4. The summed E-state index contributed by atoms with van der Waals surface area (Å²) in [6, 6.07) is 4.43. The molecule has 0 amide bonds. The standard InChI is InChI=1S/C36H51NO11/c1-18-6-11-25-32(3,41)27-20(16-37(25)15-18)33(42)17-34-24(35(33,43)29(39)28(27)38)10-9-23-31(34,2)13-12-26(36(23,44)48-34)47-30(40)19-7-8-21(45-4)22(14-19)46-5/h7-8,14,18,20,23-29,38-39,41-44H,6,9-13,15-17H2,1-5H3/t18-,20-,23-,24+,25+,26-,27+,28+,29-,31-,32+,33-,34?,35-,36+/m0/s1. The lowest BCUT2D eigenvalue weighted by Crippen LogP contribution is -2.81. The normalized spacial score (nSPS) is 53.6. The van der Waals surface area contributed by atoms with Crippen LogP contribution in [0, 0.1) is 35.0 Å². The molecule has 48 heavy (non-hydrogen) atoms. The largest absolute Gasteiger partial charge is 0.493 e. The van der Waals surface area contributed by atoms with Crippen molar-refractivity contribution in [2.75, 3.05) is 27.3 Å². The number of hydrogen-bond donors (Lipinski definition) is 6. The van der Waals surface area contributed by atoms with E-state index in [9.17, 15) is 35.4 Å². The molecule has 3 saturated heterocycles. The summed E-state index contributed by atoms with van der Waals surface area (Å²) < 4.78 is 23.5. The third-order valence-electron chi connectivity index (χ3n) is 14.8. The highest BCUT2D eigenvalue weighted by atomic mass is 16.7. The second-order valence-corrected chi connectivity index (χ2v) is 16.7. The summed E-state index contributed by atoms with van der Waals surface area (Å²) in [5, 5.41) is 74.2. The van der Waals surface area contributed by atoms with E-state index in [1.165, 1.54) is 20.3 Å². The van der Waals surface area contributed by atoms with E-state index in [4.69, 9.17) is 18.9 Å². The van der Waals surface area contributed by atoms with E-state index >= 15 is 0 Å². The Morgan fingerprint density at radius 3 is 2.35 bits per heavy atom. The van der Waals surface area contributed by atoms with Crippen molar-refractivity contribution in [3.05, 3.63) is 23.8 Å². The third kappa shape index (κ3) is 3.76. The minimum absolute atomic E-state index is 0.0953. The van der Waals surface area contributed by atoms with Gasteiger partial charge in [0.2, 0.25) is 5.79 Å². The molecule has 0 radical (unpaired) electrons. The van der Waals surface area contributed by atoms with E-state index in [2.05, 4.69) is 11.8 Å². The molecule has 0 aromatic heterocycles. The van der Waals surface area contributed by atoms with Crippen LogP contribution >= 0.6 is 0 Å². The molecular weight excluding hydrogens is 622 g/mol. The summed E-state index contributed by atoms with van der Waals surface area (Å²) in [7, 11) is 2.97. The predicted octanol–water partition coefficient (Wildman–Crippen LogP) is 1.21. The Morgan fingerprint density at radius 1 is 0.938 bits per heavy atom. The lowest BCUT2D eigenvalue weighted by atomic mass is 9.49. The van der Waals surface area contributed by atoms with Crippen molar-refractivity contribution in [1.29, 1.82) is 0 Å². The second kappa shape index (κ2) is 10.3. The van der Waals surface area contributed by atoms with Gasteiger partial charge in [-0.25, -0.2) is 4.79 Å². The highest BCUT2D eigenvalue weighted by Crippen LogP contribution is 2.78. The van der Waals surface area contributed by atoms with Crippen LogP contribution in [-0.4, -0.2) is 121 Å². The Bertz CT molecular complexity index is 1510. The van der Waals surface area contributed by atoms with E-state index in [1.807, 2.05) is 6.92 Å². The van der Waals surface area contributed by atoms with Gasteiger partial charge in [0.25, 0.3) is 0 Å². The first-order chi connectivity index (χ1) is 22.5. The van der Waals surface area contributed by atoms with Gasteiger partial charge in [0.1, 0.15) is 17.3 Å². The summed E-state index contributed by atoms with van der Waals surface area (Å²) in [6.07, 6.45) is -1.25. The Labute approximate surface area is 280 Å². The average molecular weight is 674 g/mol. The first-order valence-corrected chi connectivity index (χ1v) is 17.7. The van der Waals surface area contributed by atoms with Crippen molar-refractivity contribution in [2.45, 2.75) is 118 Å². The minimum atomic E-state index is -2.18. The molecule has 4 aliphatic carbocycles. The van der Waals surface area contributed by atoms with Gasteiger partial charge in [-0.1, -0.05) is 13.8 Å². The monoisotopic (exact) mass is 673 g/mol. The van der Waals surface area contributed by atoms with Crippen molar-refractivity contribution in [3.8, 4) is 11.5 Å². The van der Waals surface area contributed by atoms with Gasteiger partial charge in [0.15, 0.2) is 17.6 Å². The number of aliphatic hydroxyl groups excluding tert-OH is 2. The number of methoxy groups -OCH3 is 2. The van der Waals surface area contributed by atoms with Crippen molar-refractivity contribution >= 4 is 5.97 Å². The molecule has 266 valence electrons. The maximum atomic E-state index is 13.5. The van der Waals surface area contributed by atoms with Crippen LogP contribution < -0.4 is 9.47 Å². The minimum Gasteiger partial charge on any atom is -0.493 e. The lowest BCUT2D eigenvalue weighted by molar-refractivity contribution is -0.327. The molecule has 8 rings (SSSR count). The van der Waals surface area contributed by atoms with Crippen LogP contribution in [-0.2, 0) is 9.47 Å². The van der Waals surface area contributed by atoms with Gasteiger partial charge in [-0.05, 0) is 69.6 Å². The van der Waals surface area contributed by atoms with Gasteiger partial charge >= 0.3 is 5.97 Å². The smallest absolute Gasteiger partial charge is 0.338 e. The second-order valence-electron chi connectivity index (χ2n) is 16.7. The Hall–Kier alpha value is -2.03. The maximum Gasteiger partial charge on any atom is 0.338 e. The van der Waals surface area contributed by atoms with Gasteiger partial charge in [-0.2, -0.15) is 0 Å². The molecule has 7 aliphatic rings. The highest BCUT2D eigenvalue weighted by Gasteiger charge is 2.88. The van der Waals surface area contributed by atoms with Crippen LogP contribution in [0.3, 0.4) is 0 Å². The van der Waals surface area contributed by atoms with E-state index in [1.54, 1.807) is 19.1 Å². The van der Waals surface area contributed by atoms with Crippen LogP contribution in [0.2, 0.25) is 0 Å². The number of esters is 1. The fourth-order valence-corrected chi connectivity index (χ4v) is 12.7. The highest BCUT2D eigenvalue weighted by molar-refractivity contribution is 5.90. The van der Waals surface area contributed by atoms with Crippen molar-refractivity contribution in [2.24, 2.45) is 35.0 Å². The van der Waals surface area contributed by atoms with Gasteiger partial charge in [-0.3, -0.25) is 4.90 Å². The van der Waals surface area contributed by atoms with Crippen LogP contribution in [0.15, 0.2) is 18.2 Å². The van der Waals surface area contributed by atoms with E-state index < -0.39 is 81.6 Å². The Kier molecular flexibility index (Phi) is 7.10. The summed E-state index contributed by atoms with van der Waals surface area (Å²) in [5.74, 6) is -4.37. The van der Waals surface area contributed by atoms with Gasteiger partial charge in [-0.15, -0.1) is 0 Å². The number of fused-ring (bicyclic) bond motifs is 5. The maximum absolute atomic E-state index is 13.5. The molecule has 4 bridgehead atoms. The van der Waals surface area contributed by atoms with Crippen molar-refractivity contribution in [1.82, 2.24) is 4.90 Å². The molecule has 1 spiro atoms. The van der Waals surface area contributed by atoms with E-state index in [-0.39, 0.29) is 24.4 Å². The number of aliphatic hydroxyl groups is 6. The lowest BCUT2D eigenvalue weighted by Gasteiger charge is -2.65. The molecular formula is C36H51NO11. The molecule has 6 N–H and O–H groups in total. The van der Waals surface area contributed by atoms with Gasteiger partial charge in [0, 0.05) is 54.6 Å². The van der Waals surface area contributed by atoms with Gasteiger partial charge in [0.05, 0.1) is 37.1 Å². The summed E-state index contributed by atoms with van der Waals surface area (Å²) in [6.45, 7) is 6.93. The number of ether oxygens (including phenoxy) is 4. The quantitative estimate of drug-likeness (QED) is 0.252. The number of nitrogens with zero attached hydrogens (tertiary/aromatic N) is 1. The molecule has 4 saturated carbocycles. The molecule has 1 unspecified atom stereocenters. The van der Waals surface area contributed by atoms with Crippen molar-refractivity contribution < 1.29 is 54.4 Å². The number of hydrogen-bond acceptors (Lipinski definition) is 12. The summed E-state index contributed by atoms with van der Waals surface area (Å²) in [4.78, 5) is 15.7. The Balaban J connectivity index is 1.16. The zero-order valence-corrected chi connectivity index (χ0v) is 28.5. The first kappa shape index (κ1) is 33.1. The first-order valence-electron chi connectivity index (χ1n) is 17.7. The Morgan fingerprint density at radius 2 is 1.65 bits per heavy atom. The van der Waals surface area contributed by atoms with Crippen LogP contribution in [0.5, 0.6) is 11.5 Å². The molecule has 1 aromatic carbocycles. The number of carbonyl (C=O) groups is 1. The van der Waals surface area contributed by atoms with Gasteiger partial charge < -0.3 is 49.6 Å². The van der Waals surface area contributed by atoms with Crippen molar-refractivity contribution in [3.63, 3.8) is 0 Å².